The fraction of sp³-hybridized carbons (Fsp3) is 0. The number of fused-ring (bicyclic) bond motifs is 1. The Balaban J connectivity index is 0.000000720. The van der Waals surface area contributed by atoms with E-state index in [2.05, 4.69) is 9.97 Å². The molecular weight excluding hydrogens is 236 g/mol. The molecule has 0 saturated carbocycles. The van der Waals surface area contributed by atoms with Crippen LogP contribution in [0.15, 0.2) is 35.5 Å². The van der Waals surface area contributed by atoms with E-state index in [9.17, 15) is 4.79 Å². The van der Waals surface area contributed by atoms with Gasteiger partial charge in [-0.05, 0) is 17.5 Å². The first-order chi connectivity index (χ1) is 5.38. The maximum Gasteiger partial charge on any atom is 0.257 e. The molecule has 0 unspecified atom stereocenters. The Kier molecular flexibility index (Phi) is 4.30. The molecule has 0 aliphatic carbocycles. The molecule has 13 heavy (non-hydrogen) atoms. The average molecular weight is 245 g/mol. The van der Waals surface area contributed by atoms with Crippen LogP contribution in [-0.4, -0.2) is 15.4 Å². The standard InChI is InChI=1S/C8H6N2O.BrH.H2O/c11-8-7-5-9-3-1-6(7)2-4-10-8;;/h1-5H,(H,10,11);1H;1H2. The largest absolute Gasteiger partial charge is 0.412 e. The van der Waals surface area contributed by atoms with E-state index in [1.54, 1.807) is 18.6 Å². The van der Waals surface area contributed by atoms with Gasteiger partial charge in [0.05, 0.1) is 5.39 Å². The average Bonchev–Trinajstić information content (AvgIpc) is 2.06. The van der Waals surface area contributed by atoms with Crippen LogP contribution in [0.5, 0.6) is 0 Å². The van der Waals surface area contributed by atoms with Gasteiger partial charge in [-0.1, -0.05) is 0 Å². The lowest BCUT2D eigenvalue weighted by molar-refractivity contribution is 0.824. The Morgan fingerprint density at radius 3 is 2.77 bits per heavy atom. The van der Waals surface area contributed by atoms with E-state index >= 15 is 0 Å². The van der Waals surface area contributed by atoms with Gasteiger partial charge in [-0.3, -0.25) is 9.78 Å². The summed E-state index contributed by atoms with van der Waals surface area (Å²) >= 11 is 0. The molecule has 70 valence electrons. The van der Waals surface area contributed by atoms with Crippen molar-refractivity contribution < 1.29 is 5.48 Å². The predicted molar refractivity (Wildman–Crippen MR) is 56.3 cm³/mol. The Morgan fingerprint density at radius 1 is 1.31 bits per heavy atom. The predicted octanol–water partition coefficient (Wildman–Crippen LogP) is 0.676. The van der Waals surface area contributed by atoms with E-state index in [0.29, 0.717) is 5.39 Å². The highest BCUT2D eigenvalue weighted by Crippen LogP contribution is 2.03. The van der Waals surface area contributed by atoms with E-state index in [1.807, 2.05) is 12.1 Å². The highest BCUT2D eigenvalue weighted by molar-refractivity contribution is 8.93. The minimum atomic E-state index is -0.0874. The van der Waals surface area contributed by atoms with Crippen LogP contribution in [-0.2, 0) is 0 Å². The van der Waals surface area contributed by atoms with Crippen LogP contribution in [0.25, 0.3) is 10.8 Å². The van der Waals surface area contributed by atoms with Crippen LogP contribution in [0, 0.1) is 0 Å². The van der Waals surface area contributed by atoms with Crippen LogP contribution in [0.3, 0.4) is 0 Å². The highest BCUT2D eigenvalue weighted by Gasteiger charge is 1.93. The molecule has 2 heterocycles. The highest BCUT2D eigenvalue weighted by atomic mass is 79.9. The monoisotopic (exact) mass is 244 g/mol. The first-order valence-electron chi connectivity index (χ1n) is 3.29. The fourth-order valence-corrected chi connectivity index (χ4v) is 1.03. The molecule has 0 radical (unpaired) electrons. The number of aromatic amines is 1. The maximum atomic E-state index is 11.1. The number of nitrogens with zero attached hydrogens (tertiary/aromatic N) is 1. The molecule has 0 aliphatic rings. The summed E-state index contributed by atoms with van der Waals surface area (Å²) in [7, 11) is 0. The summed E-state index contributed by atoms with van der Waals surface area (Å²) < 4.78 is 0. The molecule has 0 fully saturated rings. The number of halogens is 1. The second kappa shape index (κ2) is 4.74. The van der Waals surface area contributed by atoms with Gasteiger partial charge in [-0.2, -0.15) is 0 Å². The number of rotatable bonds is 0. The minimum absolute atomic E-state index is 0. The maximum absolute atomic E-state index is 11.1. The molecule has 3 N–H and O–H groups in total. The quantitative estimate of drug-likeness (QED) is 0.740. The van der Waals surface area contributed by atoms with Crippen molar-refractivity contribution in [1.29, 1.82) is 0 Å². The van der Waals surface area contributed by atoms with Crippen LogP contribution in [0.1, 0.15) is 0 Å². The zero-order chi connectivity index (χ0) is 7.68. The van der Waals surface area contributed by atoms with Gasteiger partial charge in [-0.25, -0.2) is 0 Å². The Bertz CT molecular complexity index is 436. The topological polar surface area (TPSA) is 77.2 Å². The van der Waals surface area contributed by atoms with E-state index in [-0.39, 0.29) is 28.0 Å². The first-order valence-corrected chi connectivity index (χ1v) is 3.29. The molecule has 2 aromatic rings. The SMILES string of the molecule is Br.O.O=c1[nH]ccc2ccncc12. The van der Waals surface area contributed by atoms with Gasteiger partial charge in [0.15, 0.2) is 0 Å². The third-order valence-corrected chi connectivity index (χ3v) is 1.58. The molecule has 2 aromatic heterocycles. The number of hydrogen-bond acceptors (Lipinski definition) is 2. The molecule has 0 spiro atoms. The Hall–Kier alpha value is -1.20. The molecule has 0 aromatic carbocycles. The molecule has 0 amide bonds. The van der Waals surface area contributed by atoms with Crippen LogP contribution in [0.4, 0.5) is 0 Å². The summed E-state index contributed by atoms with van der Waals surface area (Å²) in [6, 6.07) is 3.66. The van der Waals surface area contributed by atoms with Gasteiger partial charge in [0.25, 0.3) is 5.56 Å². The number of H-pyrrole nitrogens is 1. The lowest BCUT2D eigenvalue weighted by atomic mass is 10.2. The normalized spacial score (nSPS) is 8.62. The first kappa shape index (κ1) is 11.8. The molecule has 0 aliphatic heterocycles. The van der Waals surface area contributed by atoms with Gasteiger partial charge in [0.2, 0.25) is 0 Å². The summed E-state index contributed by atoms with van der Waals surface area (Å²) in [6.07, 6.45) is 4.86. The van der Waals surface area contributed by atoms with Gasteiger partial charge in [-0.15, -0.1) is 17.0 Å². The molecular formula is C8H9BrN2O2. The van der Waals surface area contributed by atoms with E-state index in [4.69, 9.17) is 0 Å². The van der Waals surface area contributed by atoms with Crippen LogP contribution >= 0.6 is 17.0 Å². The van der Waals surface area contributed by atoms with Gasteiger partial charge in [0, 0.05) is 18.6 Å². The summed E-state index contributed by atoms with van der Waals surface area (Å²) in [5, 5.41) is 1.55. The lowest BCUT2D eigenvalue weighted by Gasteiger charge is -1.91. The van der Waals surface area contributed by atoms with Crippen molar-refractivity contribution >= 4 is 27.8 Å². The summed E-state index contributed by atoms with van der Waals surface area (Å²) in [5.74, 6) is 0. The fourth-order valence-electron chi connectivity index (χ4n) is 1.03. The second-order valence-corrected chi connectivity index (χ2v) is 2.27. The van der Waals surface area contributed by atoms with Crippen molar-refractivity contribution in [3.8, 4) is 0 Å². The van der Waals surface area contributed by atoms with Gasteiger partial charge in [0.1, 0.15) is 0 Å². The summed E-state index contributed by atoms with van der Waals surface area (Å²) in [4.78, 5) is 17.5. The van der Waals surface area contributed by atoms with Crippen molar-refractivity contribution in [3.63, 3.8) is 0 Å². The van der Waals surface area contributed by atoms with Crippen molar-refractivity contribution in [2.45, 2.75) is 0 Å². The van der Waals surface area contributed by atoms with E-state index in [1.165, 1.54) is 0 Å². The number of aromatic nitrogens is 2. The number of hydrogen-bond donors (Lipinski definition) is 1. The van der Waals surface area contributed by atoms with E-state index in [0.717, 1.165) is 5.39 Å². The van der Waals surface area contributed by atoms with Crippen LogP contribution in [0.2, 0.25) is 0 Å². The lowest BCUT2D eigenvalue weighted by Crippen LogP contribution is -2.03. The van der Waals surface area contributed by atoms with Gasteiger partial charge < -0.3 is 10.5 Å². The molecule has 4 nitrogen and oxygen atoms in total. The number of nitrogens with one attached hydrogen (secondary N) is 1. The summed E-state index contributed by atoms with van der Waals surface area (Å²) in [6.45, 7) is 0. The van der Waals surface area contributed by atoms with Gasteiger partial charge >= 0.3 is 0 Å². The van der Waals surface area contributed by atoms with Crippen molar-refractivity contribution in [1.82, 2.24) is 9.97 Å². The molecule has 5 heteroatoms. The van der Waals surface area contributed by atoms with E-state index < -0.39 is 0 Å². The minimum Gasteiger partial charge on any atom is -0.412 e. The second-order valence-electron chi connectivity index (χ2n) is 2.27. The smallest absolute Gasteiger partial charge is 0.257 e. The molecule has 0 bridgehead atoms. The third-order valence-electron chi connectivity index (χ3n) is 1.58. The van der Waals surface area contributed by atoms with Crippen LogP contribution < -0.4 is 5.56 Å². The van der Waals surface area contributed by atoms with Crippen molar-refractivity contribution in [2.75, 3.05) is 0 Å². The molecule has 0 saturated heterocycles. The summed E-state index contributed by atoms with van der Waals surface area (Å²) in [5.41, 5.74) is -0.0874. The third kappa shape index (κ3) is 2.13. The van der Waals surface area contributed by atoms with Crippen molar-refractivity contribution in [3.05, 3.63) is 41.1 Å². The Labute approximate surface area is 84.7 Å². The zero-order valence-electron chi connectivity index (χ0n) is 6.65. The molecule has 2 rings (SSSR count). The zero-order valence-corrected chi connectivity index (χ0v) is 8.36. The van der Waals surface area contributed by atoms with Crippen molar-refractivity contribution in [2.24, 2.45) is 0 Å². The Morgan fingerprint density at radius 2 is 2.08 bits per heavy atom. The number of pyridine rings is 2. The molecule has 0 atom stereocenters.